The molecule has 28 heavy (non-hydrogen) atoms. The van der Waals surface area contributed by atoms with Crippen molar-refractivity contribution in [3.05, 3.63) is 72.5 Å². The number of nitrogens with one attached hydrogen (secondary N) is 1. The van der Waals surface area contributed by atoms with Crippen LogP contribution in [-0.2, 0) is 17.9 Å². The van der Waals surface area contributed by atoms with Gasteiger partial charge < -0.3 is 14.8 Å². The zero-order chi connectivity index (χ0) is 20.0. The third kappa shape index (κ3) is 3.29. The molecule has 1 aliphatic heterocycles. The molecule has 3 aromatic rings. The summed E-state index contributed by atoms with van der Waals surface area (Å²) in [6.07, 6.45) is 1.48. The monoisotopic (exact) mass is 507 g/mol. The van der Waals surface area contributed by atoms with Crippen LogP contribution in [0.2, 0.25) is 5.02 Å². The standard InChI is InChI=1S/C20H15ClIN3O3/c1-24-16-7-13(22)6-14-18(16)25(10-17(24)26)9-15(19(14)27)20(28)23-8-11-2-4-12(21)5-3-11/h2-7,9H,8,10H2,1H3,(H,23,28). The van der Waals surface area contributed by atoms with Gasteiger partial charge >= 0.3 is 0 Å². The Balaban J connectivity index is 1.75. The van der Waals surface area contributed by atoms with Crippen molar-refractivity contribution in [3.63, 3.8) is 0 Å². The van der Waals surface area contributed by atoms with E-state index >= 15 is 0 Å². The normalized spacial score (nSPS) is 13.1. The lowest BCUT2D eigenvalue weighted by Crippen LogP contribution is -2.37. The highest BCUT2D eigenvalue weighted by atomic mass is 127. The summed E-state index contributed by atoms with van der Waals surface area (Å²) >= 11 is 7.97. The summed E-state index contributed by atoms with van der Waals surface area (Å²) in [6.45, 7) is 0.352. The van der Waals surface area contributed by atoms with Gasteiger partial charge in [0.1, 0.15) is 12.1 Å². The van der Waals surface area contributed by atoms with E-state index in [1.165, 1.54) is 6.20 Å². The first-order valence-electron chi connectivity index (χ1n) is 8.51. The van der Waals surface area contributed by atoms with Crippen molar-refractivity contribution in [1.29, 1.82) is 0 Å². The predicted molar refractivity (Wildman–Crippen MR) is 117 cm³/mol. The number of halogens is 2. The van der Waals surface area contributed by atoms with Gasteiger partial charge in [0.2, 0.25) is 11.3 Å². The molecular weight excluding hydrogens is 493 g/mol. The maximum absolute atomic E-state index is 13.0. The van der Waals surface area contributed by atoms with E-state index in [0.717, 1.165) is 9.13 Å². The van der Waals surface area contributed by atoms with Crippen molar-refractivity contribution in [2.24, 2.45) is 0 Å². The molecule has 142 valence electrons. The van der Waals surface area contributed by atoms with E-state index in [9.17, 15) is 14.4 Å². The molecule has 0 spiro atoms. The second kappa shape index (κ2) is 7.21. The van der Waals surface area contributed by atoms with Crippen LogP contribution in [0.1, 0.15) is 15.9 Å². The van der Waals surface area contributed by atoms with Crippen molar-refractivity contribution in [2.75, 3.05) is 11.9 Å². The molecule has 0 saturated carbocycles. The number of anilines is 1. The van der Waals surface area contributed by atoms with Gasteiger partial charge in [-0.3, -0.25) is 14.4 Å². The number of amides is 2. The Morgan fingerprint density at radius 3 is 2.64 bits per heavy atom. The molecule has 1 aromatic heterocycles. The molecule has 0 unspecified atom stereocenters. The highest BCUT2D eigenvalue weighted by Crippen LogP contribution is 2.31. The fourth-order valence-electron chi connectivity index (χ4n) is 3.29. The molecule has 1 N–H and O–H groups in total. The minimum absolute atomic E-state index is 0.0202. The lowest BCUT2D eigenvalue weighted by molar-refractivity contribution is -0.119. The first kappa shape index (κ1) is 18.9. The summed E-state index contributed by atoms with van der Waals surface area (Å²) in [6, 6.07) is 10.7. The van der Waals surface area contributed by atoms with Crippen molar-refractivity contribution in [3.8, 4) is 0 Å². The molecule has 0 radical (unpaired) electrons. The molecular formula is C20H15ClIN3O3. The molecule has 2 aromatic carbocycles. The number of nitrogens with zero attached hydrogens (tertiary/aromatic N) is 2. The van der Waals surface area contributed by atoms with Crippen molar-refractivity contribution in [2.45, 2.75) is 13.1 Å². The van der Waals surface area contributed by atoms with Gasteiger partial charge in [-0.05, 0) is 52.4 Å². The number of rotatable bonds is 3. The Kier molecular flexibility index (Phi) is 4.88. The second-order valence-electron chi connectivity index (χ2n) is 6.58. The third-order valence-corrected chi connectivity index (χ3v) is 5.64. The summed E-state index contributed by atoms with van der Waals surface area (Å²) in [4.78, 5) is 39.6. The van der Waals surface area contributed by atoms with Crippen molar-refractivity contribution >= 4 is 62.6 Å². The van der Waals surface area contributed by atoms with Crippen LogP contribution in [0.5, 0.6) is 0 Å². The summed E-state index contributed by atoms with van der Waals surface area (Å²) in [5, 5.41) is 3.81. The molecule has 2 heterocycles. The van der Waals surface area contributed by atoms with E-state index in [4.69, 9.17) is 11.6 Å². The van der Waals surface area contributed by atoms with Crippen molar-refractivity contribution in [1.82, 2.24) is 9.88 Å². The Morgan fingerprint density at radius 2 is 1.93 bits per heavy atom. The van der Waals surface area contributed by atoms with Gasteiger partial charge in [-0.25, -0.2) is 0 Å². The molecule has 0 fully saturated rings. The maximum Gasteiger partial charge on any atom is 0.257 e. The van der Waals surface area contributed by atoms with Gasteiger partial charge in [0.25, 0.3) is 5.91 Å². The molecule has 1 aliphatic rings. The van der Waals surface area contributed by atoms with Crippen LogP contribution in [0.25, 0.3) is 10.9 Å². The molecule has 4 rings (SSSR count). The topological polar surface area (TPSA) is 71.4 Å². The Bertz CT molecular complexity index is 1190. The number of likely N-dealkylation sites (N-methyl/N-ethyl adjacent to an activating group) is 1. The lowest BCUT2D eigenvalue weighted by atomic mass is 10.1. The van der Waals surface area contributed by atoms with E-state index in [1.54, 1.807) is 34.7 Å². The van der Waals surface area contributed by atoms with Gasteiger partial charge in [-0.1, -0.05) is 23.7 Å². The number of carbonyl (C=O) groups excluding carboxylic acids is 2. The SMILES string of the molecule is CN1C(=O)Cn2cc(C(=O)NCc3ccc(Cl)cc3)c(=O)c3cc(I)cc1c32. The molecule has 0 atom stereocenters. The Labute approximate surface area is 179 Å². The van der Waals surface area contributed by atoms with Crippen molar-refractivity contribution < 1.29 is 9.59 Å². The van der Waals surface area contributed by atoms with Gasteiger partial charge in [0.05, 0.1) is 11.2 Å². The number of aromatic nitrogens is 1. The fourth-order valence-corrected chi connectivity index (χ4v) is 4.02. The number of carbonyl (C=O) groups is 2. The molecule has 0 bridgehead atoms. The Morgan fingerprint density at radius 1 is 1.21 bits per heavy atom. The second-order valence-corrected chi connectivity index (χ2v) is 8.26. The minimum atomic E-state index is -0.475. The first-order valence-corrected chi connectivity index (χ1v) is 9.96. The average molecular weight is 508 g/mol. The molecule has 6 nitrogen and oxygen atoms in total. The molecule has 8 heteroatoms. The van der Waals surface area contributed by atoms with Gasteiger partial charge in [0, 0.05) is 33.8 Å². The van der Waals surface area contributed by atoms with Crippen LogP contribution in [0.15, 0.2) is 47.4 Å². The van der Waals surface area contributed by atoms with E-state index in [1.807, 2.05) is 18.2 Å². The van der Waals surface area contributed by atoms with Crippen LogP contribution >= 0.6 is 34.2 Å². The van der Waals surface area contributed by atoms with Gasteiger partial charge in [-0.2, -0.15) is 0 Å². The van der Waals surface area contributed by atoms with Crippen LogP contribution < -0.4 is 15.6 Å². The summed E-state index contributed by atoms with van der Waals surface area (Å²) in [5.41, 5.74) is 1.88. The number of hydrogen-bond donors (Lipinski definition) is 1. The van der Waals surface area contributed by atoms with Crippen LogP contribution in [-0.4, -0.2) is 23.4 Å². The quantitative estimate of drug-likeness (QED) is 0.554. The zero-order valence-electron chi connectivity index (χ0n) is 14.8. The number of hydrogen-bond acceptors (Lipinski definition) is 3. The van der Waals surface area contributed by atoms with Crippen LogP contribution in [0.3, 0.4) is 0 Å². The summed E-state index contributed by atoms with van der Waals surface area (Å²) in [7, 11) is 1.69. The lowest BCUT2D eigenvalue weighted by Gasteiger charge is -2.28. The highest BCUT2D eigenvalue weighted by molar-refractivity contribution is 14.1. The average Bonchev–Trinajstić information content (AvgIpc) is 2.67. The van der Waals surface area contributed by atoms with Gasteiger partial charge in [0.15, 0.2) is 0 Å². The number of pyridine rings is 1. The number of benzene rings is 2. The van der Waals surface area contributed by atoms with E-state index in [2.05, 4.69) is 27.9 Å². The molecule has 0 saturated heterocycles. The Hall–Kier alpha value is -2.39. The minimum Gasteiger partial charge on any atom is -0.348 e. The highest BCUT2D eigenvalue weighted by Gasteiger charge is 2.26. The summed E-state index contributed by atoms with van der Waals surface area (Å²) < 4.78 is 2.51. The van der Waals surface area contributed by atoms with E-state index in [-0.39, 0.29) is 30.0 Å². The summed E-state index contributed by atoms with van der Waals surface area (Å²) in [5.74, 6) is -0.579. The smallest absolute Gasteiger partial charge is 0.257 e. The maximum atomic E-state index is 13.0. The van der Waals surface area contributed by atoms with E-state index in [0.29, 0.717) is 21.6 Å². The van der Waals surface area contributed by atoms with Crippen LogP contribution in [0.4, 0.5) is 5.69 Å². The largest absolute Gasteiger partial charge is 0.348 e. The fraction of sp³-hybridized carbons (Fsp3) is 0.150. The van der Waals surface area contributed by atoms with E-state index < -0.39 is 5.91 Å². The zero-order valence-corrected chi connectivity index (χ0v) is 17.7. The van der Waals surface area contributed by atoms with Crippen LogP contribution in [0, 0.1) is 3.57 Å². The predicted octanol–water partition coefficient (Wildman–Crippen LogP) is 3.17. The molecule has 0 aliphatic carbocycles. The first-order chi connectivity index (χ1) is 13.3. The molecule has 2 amide bonds. The van der Waals surface area contributed by atoms with Gasteiger partial charge in [-0.15, -0.1) is 0 Å². The third-order valence-electron chi connectivity index (χ3n) is 4.77.